The van der Waals surface area contributed by atoms with Gasteiger partial charge in [-0.25, -0.2) is 14.4 Å². The molecule has 0 spiro atoms. The maximum Gasteiger partial charge on any atom is 0.338 e. The van der Waals surface area contributed by atoms with Gasteiger partial charge in [-0.1, -0.05) is 131 Å². The fourth-order valence-corrected chi connectivity index (χ4v) is 9.56. The van der Waals surface area contributed by atoms with Crippen molar-refractivity contribution in [2.75, 3.05) is 153 Å². The Bertz CT molecular complexity index is 2990. The lowest BCUT2D eigenvalue weighted by atomic mass is 10.1. The summed E-state index contributed by atoms with van der Waals surface area (Å²) < 4.78 is 15.6. The molecule has 0 aliphatic heterocycles. The van der Waals surface area contributed by atoms with Crippen LogP contribution < -0.4 is 45.3 Å². The van der Waals surface area contributed by atoms with E-state index in [1.54, 1.807) is 24.3 Å². The molecule has 0 heterocycles. The second-order valence-electron chi connectivity index (χ2n) is 26.8. The zero-order valence-electron chi connectivity index (χ0n) is 67.1. The number of benzene rings is 6. The molecule has 0 unspecified atom stereocenters. The highest BCUT2D eigenvalue weighted by atomic mass is 16.5. The summed E-state index contributed by atoms with van der Waals surface area (Å²) in [5.41, 5.74) is 10.6. The third-order valence-corrected chi connectivity index (χ3v) is 16.4. The van der Waals surface area contributed by atoms with Gasteiger partial charge in [0, 0.05) is 155 Å². The summed E-state index contributed by atoms with van der Waals surface area (Å²) in [6, 6.07) is 45.3. The molecular formula is C86H133N9O9. The number of nitrogens with zero attached hydrogens (tertiary/aromatic N) is 6. The van der Waals surface area contributed by atoms with Gasteiger partial charge in [0.05, 0.1) is 36.5 Å². The third-order valence-electron chi connectivity index (χ3n) is 16.4. The predicted octanol–water partition coefficient (Wildman–Crippen LogP) is 18.1. The molecule has 0 saturated heterocycles. The van der Waals surface area contributed by atoms with Crippen molar-refractivity contribution in [3.8, 4) is 0 Å². The molecule has 3 amide bonds. The van der Waals surface area contributed by atoms with Gasteiger partial charge < -0.3 is 59.6 Å². The summed E-state index contributed by atoms with van der Waals surface area (Å²) in [4.78, 5) is 82.4. The van der Waals surface area contributed by atoms with Gasteiger partial charge in [-0.3, -0.25) is 14.4 Å². The molecular weight excluding hydrogens is 1300 g/mol. The molecule has 0 atom stereocenters. The average molecular weight is 1440 g/mol. The predicted molar refractivity (Wildman–Crippen MR) is 439 cm³/mol. The molecule has 6 aromatic rings. The van der Waals surface area contributed by atoms with E-state index in [9.17, 15) is 28.8 Å². The van der Waals surface area contributed by atoms with Gasteiger partial charge in [0.15, 0.2) is 0 Å². The van der Waals surface area contributed by atoms with Crippen LogP contribution in [0.4, 0.5) is 34.1 Å². The Morgan fingerprint density at radius 3 is 0.663 bits per heavy atom. The van der Waals surface area contributed by atoms with E-state index in [2.05, 4.69) is 57.5 Å². The molecule has 0 aliphatic rings. The van der Waals surface area contributed by atoms with Crippen LogP contribution in [0, 0.1) is 0 Å². The van der Waals surface area contributed by atoms with Crippen molar-refractivity contribution in [1.82, 2.24) is 16.0 Å². The number of anilines is 6. The van der Waals surface area contributed by atoms with Crippen LogP contribution >= 0.6 is 0 Å². The van der Waals surface area contributed by atoms with Crippen LogP contribution in [0.2, 0.25) is 0 Å². The average Bonchev–Trinajstić information content (AvgIpc) is 0.932. The largest absolute Gasteiger partial charge is 0.462 e. The fourth-order valence-electron chi connectivity index (χ4n) is 9.56. The first-order valence-corrected chi connectivity index (χ1v) is 37.9. The van der Waals surface area contributed by atoms with Crippen molar-refractivity contribution in [2.45, 2.75) is 170 Å². The molecule has 0 saturated carbocycles. The number of hydrogen-bond acceptors (Lipinski definition) is 15. The Kier molecular flexibility index (Phi) is 51.3. The van der Waals surface area contributed by atoms with Gasteiger partial charge in [-0.05, 0) is 184 Å². The van der Waals surface area contributed by atoms with Crippen LogP contribution in [0.3, 0.4) is 0 Å². The maximum atomic E-state index is 11.9. The molecule has 576 valence electrons. The summed E-state index contributed by atoms with van der Waals surface area (Å²) in [7, 11) is 23.7. The quantitative estimate of drug-likeness (QED) is 0.0189. The first-order valence-electron chi connectivity index (χ1n) is 37.9. The number of amides is 3. The van der Waals surface area contributed by atoms with Crippen LogP contribution in [0.25, 0.3) is 0 Å². The second kappa shape index (κ2) is 57.4. The Morgan fingerprint density at radius 2 is 0.413 bits per heavy atom. The van der Waals surface area contributed by atoms with Crippen molar-refractivity contribution in [2.24, 2.45) is 0 Å². The Balaban J connectivity index is 0.000000625. The Labute approximate surface area is 628 Å². The van der Waals surface area contributed by atoms with Crippen LogP contribution in [-0.4, -0.2) is 160 Å². The van der Waals surface area contributed by atoms with Crippen molar-refractivity contribution >= 4 is 69.8 Å². The number of carbonyl (C=O) groups is 6. The Morgan fingerprint density at radius 1 is 0.231 bits per heavy atom. The van der Waals surface area contributed by atoms with E-state index >= 15 is 0 Å². The number of ether oxygens (including phenoxy) is 3. The van der Waals surface area contributed by atoms with Crippen molar-refractivity contribution < 1.29 is 43.0 Å². The zero-order valence-corrected chi connectivity index (χ0v) is 67.1. The molecule has 6 aromatic carbocycles. The van der Waals surface area contributed by atoms with E-state index in [0.717, 1.165) is 141 Å². The summed E-state index contributed by atoms with van der Waals surface area (Å²) in [6.45, 7) is 16.7. The Hall–Kier alpha value is -9.06. The van der Waals surface area contributed by atoms with E-state index < -0.39 is 0 Å². The normalized spacial score (nSPS) is 10.1. The first-order chi connectivity index (χ1) is 49.9. The van der Waals surface area contributed by atoms with Crippen molar-refractivity contribution in [1.29, 1.82) is 0 Å². The number of esters is 3. The van der Waals surface area contributed by atoms with E-state index in [4.69, 9.17) is 14.2 Å². The van der Waals surface area contributed by atoms with Crippen LogP contribution in [0.1, 0.15) is 232 Å². The molecule has 18 heteroatoms. The topological polar surface area (TPSA) is 186 Å². The number of carbonyl (C=O) groups excluding carboxylic acids is 6. The lowest BCUT2D eigenvalue weighted by Gasteiger charge is -2.12. The minimum absolute atomic E-state index is 0.0127. The summed E-state index contributed by atoms with van der Waals surface area (Å²) in [6.07, 6.45) is 22.6. The molecule has 0 fully saturated rings. The van der Waals surface area contributed by atoms with Crippen molar-refractivity contribution in [3.05, 3.63) is 179 Å². The summed E-state index contributed by atoms with van der Waals surface area (Å²) in [5, 5.41) is 8.80. The SMILES string of the molecule is CCCCCCCNC(=O)c1ccc(N(C)C)cc1.CCCCCCCOC(=O)c1ccc(N(C)C)cc1.CCCCCNC(=O)c1ccc(N(C)C)cc1.CCCCCOC(=O)c1ccc(N(C)C)cc1.CCCCNC(=O)c1ccc(N(C)C)cc1.CCCCOC(=O)c1ccc(N(C)C)cc1. The maximum absolute atomic E-state index is 11.9. The lowest BCUT2D eigenvalue weighted by molar-refractivity contribution is 0.0488. The van der Waals surface area contributed by atoms with Crippen LogP contribution in [0.15, 0.2) is 146 Å². The van der Waals surface area contributed by atoms with Gasteiger partial charge in [0.25, 0.3) is 17.7 Å². The minimum atomic E-state index is -0.237. The molecule has 18 nitrogen and oxygen atoms in total. The molecule has 0 aromatic heterocycles. The van der Waals surface area contributed by atoms with Gasteiger partial charge >= 0.3 is 17.9 Å². The van der Waals surface area contributed by atoms with E-state index in [1.165, 1.54) is 57.8 Å². The molecule has 0 radical (unpaired) electrons. The molecule has 3 N–H and O–H groups in total. The lowest BCUT2D eigenvalue weighted by Crippen LogP contribution is -2.24. The van der Waals surface area contributed by atoms with Crippen molar-refractivity contribution in [3.63, 3.8) is 0 Å². The standard InChI is InChI=1S/C16H26N2O.C16H25NO2.C14H22N2O.C14H21NO2.C13H20N2O.C13H19NO2/c1-4-5-6-7-8-13-17-16(19)14-9-11-15(12-10-14)18(2)3;1-4-5-6-7-8-13-19-16(18)14-9-11-15(12-10-14)17(2)3;1-4-5-6-11-15-14(17)12-7-9-13(10-8-12)16(2)3;1-4-5-6-11-17-14(16)12-7-9-13(10-8-12)15(2)3;1-4-5-10-14-13(16)11-6-8-12(9-7-11)15(2)3;1-4-5-10-16-13(15)11-6-8-12(9-7-11)14(2)3/h9-12H,4-8,13H2,1-3H3,(H,17,19);9-12H,4-8,13H2,1-3H3;7-10H,4-6,11H2,1-3H3,(H,15,17);7-10H,4-6,11H2,1-3H3;6-9H,4-5,10H2,1-3H3,(H,14,16);6-9H,4-5,10H2,1-3H3. The van der Waals surface area contributed by atoms with Gasteiger partial charge in [0.1, 0.15) is 0 Å². The van der Waals surface area contributed by atoms with Gasteiger partial charge in [-0.15, -0.1) is 0 Å². The molecule has 0 aliphatic carbocycles. The monoisotopic (exact) mass is 1440 g/mol. The van der Waals surface area contributed by atoms with Gasteiger partial charge in [-0.2, -0.15) is 0 Å². The molecule has 104 heavy (non-hydrogen) atoms. The smallest absolute Gasteiger partial charge is 0.338 e. The van der Waals surface area contributed by atoms with E-state index in [-0.39, 0.29) is 35.6 Å². The van der Waals surface area contributed by atoms with Gasteiger partial charge in [0.2, 0.25) is 0 Å². The molecule has 0 bridgehead atoms. The van der Waals surface area contributed by atoms with Crippen LogP contribution in [0.5, 0.6) is 0 Å². The summed E-state index contributed by atoms with van der Waals surface area (Å²) in [5.74, 6) is -0.628. The highest BCUT2D eigenvalue weighted by Crippen LogP contribution is 2.19. The minimum Gasteiger partial charge on any atom is -0.462 e. The number of hydrogen-bond donors (Lipinski definition) is 3. The number of rotatable bonds is 38. The zero-order chi connectivity index (χ0) is 77.5. The second-order valence-corrected chi connectivity index (χ2v) is 26.8. The summed E-state index contributed by atoms with van der Waals surface area (Å²) >= 11 is 0. The highest BCUT2D eigenvalue weighted by Gasteiger charge is 2.12. The number of nitrogens with one attached hydrogen (secondary N) is 3. The van der Waals surface area contributed by atoms with Crippen LogP contribution in [-0.2, 0) is 14.2 Å². The third kappa shape index (κ3) is 41.9. The molecule has 6 rings (SSSR count). The number of unbranched alkanes of at least 4 members (excludes halogenated alkanes) is 14. The highest BCUT2D eigenvalue weighted by molar-refractivity contribution is 5.96. The van der Waals surface area contributed by atoms with E-state index in [0.29, 0.717) is 36.5 Å². The fraction of sp³-hybridized carbons (Fsp3) is 0.512. The first kappa shape index (κ1) is 93.0. The van der Waals surface area contributed by atoms with E-state index in [1.807, 2.05) is 235 Å².